The van der Waals surface area contributed by atoms with E-state index in [1.54, 1.807) is 0 Å². The second-order valence-corrected chi connectivity index (χ2v) is 4.28. The highest BCUT2D eigenvalue weighted by atomic mass is 16.5. The average molecular weight is 251 g/mol. The van der Waals surface area contributed by atoms with Crippen LogP contribution in [0.4, 0.5) is 5.95 Å². The summed E-state index contributed by atoms with van der Waals surface area (Å²) in [6.45, 7) is 5.54. The zero-order chi connectivity index (χ0) is 13.1. The van der Waals surface area contributed by atoms with E-state index in [0.29, 0.717) is 25.6 Å². The second-order valence-electron chi connectivity index (χ2n) is 4.28. The Hall–Kier alpha value is -1.89. The molecule has 0 aromatic carbocycles. The summed E-state index contributed by atoms with van der Waals surface area (Å²) in [7, 11) is 0. The Kier molecular flexibility index (Phi) is 3.61. The lowest BCUT2D eigenvalue weighted by Gasteiger charge is -2.32. The number of anilines is 1. The van der Waals surface area contributed by atoms with E-state index in [4.69, 9.17) is 15.7 Å². The highest BCUT2D eigenvalue weighted by molar-refractivity contribution is 5.85. The van der Waals surface area contributed by atoms with Gasteiger partial charge in [0.1, 0.15) is 6.10 Å². The number of hydrogen-bond acceptors (Lipinski definition) is 6. The third-order valence-corrected chi connectivity index (χ3v) is 2.77. The van der Waals surface area contributed by atoms with Gasteiger partial charge in [0.15, 0.2) is 5.84 Å². The van der Waals surface area contributed by atoms with Crippen LogP contribution in [-0.2, 0) is 4.74 Å². The first-order valence-electron chi connectivity index (χ1n) is 5.76. The molecule has 0 radical (unpaired) electrons. The van der Waals surface area contributed by atoms with Crippen LogP contribution in [0.15, 0.2) is 11.2 Å². The van der Waals surface area contributed by atoms with Crippen molar-refractivity contribution in [3.63, 3.8) is 0 Å². The maximum Gasteiger partial charge on any atom is 0.225 e. The summed E-state index contributed by atoms with van der Waals surface area (Å²) in [5, 5.41) is 11.6. The van der Waals surface area contributed by atoms with E-state index >= 15 is 0 Å². The van der Waals surface area contributed by atoms with Crippen molar-refractivity contribution in [2.45, 2.75) is 20.0 Å². The van der Waals surface area contributed by atoms with E-state index in [-0.39, 0.29) is 5.84 Å². The molecule has 1 aliphatic rings. The van der Waals surface area contributed by atoms with Crippen LogP contribution in [0.3, 0.4) is 0 Å². The maximum atomic E-state index is 8.67. The van der Waals surface area contributed by atoms with E-state index in [2.05, 4.69) is 15.1 Å². The summed E-state index contributed by atoms with van der Waals surface area (Å²) in [6, 6.07) is 1.92. The van der Waals surface area contributed by atoms with Crippen molar-refractivity contribution >= 4 is 11.8 Å². The first-order chi connectivity index (χ1) is 8.60. The summed E-state index contributed by atoms with van der Waals surface area (Å²) in [4.78, 5) is 10.8. The number of nitrogens with zero attached hydrogens (tertiary/aromatic N) is 4. The topological polar surface area (TPSA) is 96.9 Å². The van der Waals surface area contributed by atoms with Gasteiger partial charge in [0.05, 0.1) is 13.2 Å². The molecule has 1 aromatic rings. The van der Waals surface area contributed by atoms with E-state index in [1.165, 1.54) is 0 Å². The molecule has 2 rings (SSSR count). The van der Waals surface area contributed by atoms with Crippen LogP contribution >= 0.6 is 0 Å². The highest BCUT2D eigenvalue weighted by Gasteiger charge is 2.25. The molecule has 0 saturated carbocycles. The van der Waals surface area contributed by atoms with Gasteiger partial charge < -0.3 is 20.6 Å². The van der Waals surface area contributed by atoms with Gasteiger partial charge in [-0.15, -0.1) is 0 Å². The Morgan fingerprint density at radius 1 is 1.50 bits per heavy atom. The van der Waals surface area contributed by atoms with Crippen molar-refractivity contribution in [1.29, 1.82) is 0 Å². The number of ether oxygens (including phenoxy) is 1. The highest BCUT2D eigenvalue weighted by Crippen LogP contribution is 2.14. The van der Waals surface area contributed by atoms with Crippen molar-refractivity contribution < 1.29 is 9.94 Å². The Bertz CT molecular complexity index is 442. The number of aryl methyl sites for hydroxylation is 2. The minimum atomic E-state index is -0.423. The molecule has 7 heteroatoms. The van der Waals surface area contributed by atoms with Crippen molar-refractivity contribution in [2.24, 2.45) is 10.9 Å². The molecule has 1 saturated heterocycles. The monoisotopic (exact) mass is 251 g/mol. The molecule has 0 bridgehead atoms. The number of amidine groups is 1. The minimum absolute atomic E-state index is 0.0732. The third-order valence-electron chi connectivity index (χ3n) is 2.77. The van der Waals surface area contributed by atoms with E-state index in [9.17, 15) is 0 Å². The van der Waals surface area contributed by atoms with Crippen molar-refractivity contribution in [3.05, 3.63) is 17.5 Å². The third kappa shape index (κ3) is 2.67. The molecule has 1 unspecified atom stereocenters. The molecule has 98 valence electrons. The Labute approximate surface area is 105 Å². The number of aromatic nitrogens is 2. The second kappa shape index (κ2) is 5.18. The van der Waals surface area contributed by atoms with Gasteiger partial charge in [0.25, 0.3) is 0 Å². The largest absolute Gasteiger partial charge is 0.409 e. The summed E-state index contributed by atoms with van der Waals surface area (Å²) in [6.07, 6.45) is -0.423. The Morgan fingerprint density at radius 3 is 2.78 bits per heavy atom. The Balaban J connectivity index is 2.18. The van der Waals surface area contributed by atoms with Crippen LogP contribution in [-0.4, -0.2) is 46.8 Å². The van der Waals surface area contributed by atoms with Gasteiger partial charge in [0.2, 0.25) is 5.95 Å². The summed E-state index contributed by atoms with van der Waals surface area (Å²) in [5.74, 6) is 0.732. The fraction of sp³-hybridized carbons (Fsp3) is 0.545. The first-order valence-corrected chi connectivity index (χ1v) is 5.76. The molecule has 0 aliphatic carbocycles. The SMILES string of the molecule is Cc1cc(C)nc(N2CCOC(C(N)=NO)C2)n1. The summed E-state index contributed by atoms with van der Waals surface area (Å²) in [5.41, 5.74) is 7.40. The normalized spacial score (nSPS) is 21.1. The lowest BCUT2D eigenvalue weighted by molar-refractivity contribution is 0.0800. The van der Waals surface area contributed by atoms with Crippen LogP contribution in [0.5, 0.6) is 0 Å². The molecule has 1 atom stereocenters. The summed E-state index contributed by atoms with van der Waals surface area (Å²) >= 11 is 0. The molecule has 1 aromatic heterocycles. The quantitative estimate of drug-likeness (QED) is 0.333. The van der Waals surface area contributed by atoms with Crippen molar-refractivity contribution in [1.82, 2.24) is 9.97 Å². The van der Waals surface area contributed by atoms with Gasteiger partial charge in [0, 0.05) is 17.9 Å². The number of morpholine rings is 1. The number of hydrogen-bond donors (Lipinski definition) is 2. The van der Waals surface area contributed by atoms with E-state index in [1.807, 2.05) is 24.8 Å². The van der Waals surface area contributed by atoms with E-state index in [0.717, 1.165) is 11.4 Å². The molecule has 1 fully saturated rings. The number of nitrogens with two attached hydrogens (primary N) is 1. The van der Waals surface area contributed by atoms with Crippen molar-refractivity contribution in [3.8, 4) is 0 Å². The predicted octanol–water partition coefficient (Wildman–Crippen LogP) is 0.0450. The number of rotatable bonds is 2. The Morgan fingerprint density at radius 2 is 2.17 bits per heavy atom. The molecule has 3 N–H and O–H groups in total. The van der Waals surface area contributed by atoms with Crippen molar-refractivity contribution in [2.75, 3.05) is 24.6 Å². The van der Waals surface area contributed by atoms with Crippen LogP contribution in [0.2, 0.25) is 0 Å². The zero-order valence-corrected chi connectivity index (χ0v) is 10.5. The minimum Gasteiger partial charge on any atom is -0.409 e. The molecule has 18 heavy (non-hydrogen) atoms. The standard InChI is InChI=1S/C11H17N5O2/c1-7-5-8(2)14-11(13-7)16-3-4-18-9(6-16)10(12)15-17/h5,9,17H,3-4,6H2,1-2H3,(H2,12,15). The van der Waals surface area contributed by atoms with Gasteiger partial charge in [-0.2, -0.15) is 0 Å². The molecule has 0 amide bonds. The van der Waals surface area contributed by atoms with Crippen LogP contribution < -0.4 is 10.6 Å². The fourth-order valence-electron chi connectivity index (χ4n) is 1.92. The van der Waals surface area contributed by atoms with Gasteiger partial charge in [-0.25, -0.2) is 9.97 Å². The number of oxime groups is 1. The van der Waals surface area contributed by atoms with Gasteiger partial charge in [-0.3, -0.25) is 0 Å². The lowest BCUT2D eigenvalue weighted by Crippen LogP contribution is -2.49. The van der Waals surface area contributed by atoms with Gasteiger partial charge in [-0.1, -0.05) is 5.16 Å². The smallest absolute Gasteiger partial charge is 0.225 e. The van der Waals surface area contributed by atoms with Crippen LogP contribution in [0.25, 0.3) is 0 Å². The van der Waals surface area contributed by atoms with Gasteiger partial charge >= 0.3 is 0 Å². The summed E-state index contributed by atoms with van der Waals surface area (Å²) < 4.78 is 5.43. The maximum absolute atomic E-state index is 8.67. The fourth-order valence-corrected chi connectivity index (χ4v) is 1.92. The van der Waals surface area contributed by atoms with Crippen LogP contribution in [0.1, 0.15) is 11.4 Å². The first kappa shape index (κ1) is 12.6. The van der Waals surface area contributed by atoms with E-state index < -0.39 is 6.10 Å². The average Bonchev–Trinajstić information content (AvgIpc) is 2.37. The zero-order valence-electron chi connectivity index (χ0n) is 10.5. The van der Waals surface area contributed by atoms with Gasteiger partial charge in [-0.05, 0) is 19.9 Å². The molecule has 1 aliphatic heterocycles. The molecular formula is C11H17N5O2. The molecule has 2 heterocycles. The lowest BCUT2D eigenvalue weighted by atomic mass is 10.2. The molecule has 0 spiro atoms. The molecular weight excluding hydrogens is 234 g/mol. The van der Waals surface area contributed by atoms with Crippen LogP contribution in [0, 0.1) is 13.8 Å². The predicted molar refractivity (Wildman–Crippen MR) is 66.9 cm³/mol. The molecule has 7 nitrogen and oxygen atoms in total.